The first-order valence-corrected chi connectivity index (χ1v) is 40.9. The van der Waals surface area contributed by atoms with Gasteiger partial charge in [0.1, 0.15) is 133 Å². The van der Waals surface area contributed by atoms with Gasteiger partial charge in [-0.15, -0.1) is 0 Å². The second-order valence-corrected chi connectivity index (χ2v) is 34.3. The Hall–Kier alpha value is -10.3. The van der Waals surface area contributed by atoms with Crippen LogP contribution in [0.5, 0.6) is 69.0 Å². The number of rotatable bonds is 24. The van der Waals surface area contributed by atoms with Gasteiger partial charge in [0.25, 0.3) is 0 Å². The van der Waals surface area contributed by atoms with E-state index in [1.54, 1.807) is 85.3 Å². The third kappa shape index (κ3) is 26.0. The lowest BCUT2D eigenvalue weighted by Crippen LogP contribution is -3.00. The number of hydrogen-bond donors (Lipinski definition) is 0. The van der Waals surface area contributed by atoms with Gasteiger partial charge in [0.15, 0.2) is 0 Å². The van der Waals surface area contributed by atoms with Crippen molar-refractivity contribution in [3.05, 3.63) is 291 Å². The van der Waals surface area contributed by atoms with Crippen molar-refractivity contribution >= 4 is 105 Å². The summed E-state index contributed by atoms with van der Waals surface area (Å²) in [6.07, 6.45) is 0.604. The molecule has 0 bridgehead atoms. The minimum absolute atomic E-state index is 0. The van der Waals surface area contributed by atoms with Crippen LogP contribution in [-0.2, 0) is 10.1 Å². The standard InChI is InChI=1S/4C21H21O3P.CH4O3S.3FH/c4*1-22-16-4-10-19(11-5-16)25(20-12-6-17(23-2)7-13-20)21-14-8-18(24-3)9-15-21;1-5(2,3)4;;;/h4*4-15H,1-3H3;1H3,(H,2,3,4);3*1H. The Morgan fingerprint density at radius 3 is 0.278 bits per heavy atom. The molecule has 0 amide bonds. The molecule has 0 unspecified atom stereocenters. The van der Waals surface area contributed by atoms with Gasteiger partial charge in [-0.3, -0.25) is 0 Å². The Bertz CT molecular complexity index is 3590. The molecule has 0 saturated carbocycles. The topological polar surface area (TPSA) is 168 Å². The Balaban J connectivity index is 0.000000250. The second kappa shape index (κ2) is 45.3. The number of benzene rings is 12. The van der Waals surface area contributed by atoms with Crippen LogP contribution in [0.25, 0.3) is 0 Å². The van der Waals surface area contributed by atoms with Crippen molar-refractivity contribution in [2.75, 3.05) is 91.6 Å². The zero-order valence-corrected chi connectivity index (χ0v) is 67.2. The minimum Gasteiger partial charge on any atom is -1.00 e. The van der Waals surface area contributed by atoms with Crippen molar-refractivity contribution < 1.29 is 83.9 Å². The molecule has 0 atom stereocenters. The quantitative estimate of drug-likeness (QED) is 0.0640. The molecule has 0 aliphatic carbocycles. The Kier molecular flexibility index (Phi) is 37.1. The Morgan fingerprint density at radius 2 is 0.231 bits per heavy atom. The summed E-state index contributed by atoms with van der Waals surface area (Å²) in [7, 11) is 11.9. The van der Waals surface area contributed by atoms with Gasteiger partial charge in [-0.05, 0) is 291 Å². The molecule has 568 valence electrons. The molecule has 0 aliphatic rings. The van der Waals surface area contributed by atoms with Crippen molar-refractivity contribution in [3.8, 4) is 69.0 Å². The molecule has 12 rings (SSSR count). The van der Waals surface area contributed by atoms with E-state index in [1.807, 2.05) is 146 Å². The highest BCUT2D eigenvalue weighted by Gasteiger charge is 2.30. The van der Waals surface area contributed by atoms with E-state index in [1.165, 1.54) is 63.7 Å². The maximum absolute atomic E-state index is 9.08. The predicted molar refractivity (Wildman–Crippen MR) is 440 cm³/mol. The maximum atomic E-state index is 9.08. The maximum Gasteiger partial charge on any atom is 0.119 e. The lowest BCUT2D eigenvalue weighted by molar-refractivity contribution is -0.00100. The van der Waals surface area contributed by atoms with E-state index in [9.17, 15) is 0 Å². The molecule has 0 aromatic heterocycles. The second-order valence-electron chi connectivity index (χ2n) is 22.9. The number of methoxy groups -OCH3 is 12. The van der Waals surface area contributed by atoms with Gasteiger partial charge in [-0.2, -0.15) is 0 Å². The SMILES string of the molecule is COc1ccc([PH+](c2ccc(OC)cc2)c2ccc(OC)cc2)cc1.COc1ccc([PH+](c2ccc(OC)cc2)c2ccc(OC)cc2)cc1.COc1ccc([PH+](c2ccc(OC)cc2)c2ccc(OC)cc2)cc1.COc1ccc([PH+](c2ccc(OC)cc2)c2ccc(OC)cc2)cc1.CS(=O)(=O)[O-].[F-].[F-].[F-]. The predicted octanol–water partition coefficient (Wildman–Crippen LogP) is 2.99. The van der Waals surface area contributed by atoms with Gasteiger partial charge in [0.2, 0.25) is 0 Å². The molecule has 0 spiro atoms. The largest absolute Gasteiger partial charge is 1.00 e. The van der Waals surface area contributed by atoms with Crippen molar-refractivity contribution in [3.63, 3.8) is 0 Å². The monoisotopic (exact) mass is 1560 g/mol. The molecule has 0 fully saturated rings. The highest BCUT2D eigenvalue weighted by atomic mass is 32.2. The number of ether oxygens (including phenoxy) is 12. The lowest BCUT2D eigenvalue weighted by atomic mass is 10.3. The van der Waals surface area contributed by atoms with Gasteiger partial charge in [-0.1, -0.05) is 0 Å². The molecule has 108 heavy (non-hydrogen) atoms. The minimum atomic E-state index is -3.92. The molecule has 12 aromatic carbocycles. The van der Waals surface area contributed by atoms with Crippen molar-refractivity contribution in [2.24, 2.45) is 0 Å². The van der Waals surface area contributed by atoms with Crippen LogP contribution in [-0.4, -0.2) is 105 Å². The smallest absolute Gasteiger partial charge is 0.119 e. The van der Waals surface area contributed by atoms with Crippen LogP contribution in [0.1, 0.15) is 0 Å². The van der Waals surface area contributed by atoms with Crippen LogP contribution in [0, 0.1) is 0 Å². The van der Waals surface area contributed by atoms with Gasteiger partial charge in [-0.25, -0.2) is 8.42 Å². The third-order valence-corrected chi connectivity index (χ3v) is 27.5. The zero-order valence-electron chi connectivity index (χ0n) is 62.4. The Morgan fingerprint density at radius 1 is 0.176 bits per heavy atom. The third-order valence-electron chi connectivity index (χ3n) is 16.5. The molecule has 15 nitrogen and oxygen atoms in total. The summed E-state index contributed by atoms with van der Waals surface area (Å²) in [4.78, 5) is 0. The molecule has 0 radical (unpaired) electrons. The fourth-order valence-electron chi connectivity index (χ4n) is 11.1. The average Bonchev–Trinajstić information content (AvgIpc) is 0.826. The fraction of sp³-hybridized carbons (Fsp3) is 0.153. The van der Waals surface area contributed by atoms with Gasteiger partial charge < -0.3 is 75.5 Å². The number of hydrogen-bond acceptors (Lipinski definition) is 15. The van der Waals surface area contributed by atoms with E-state index >= 15 is 0 Å². The summed E-state index contributed by atoms with van der Waals surface area (Å²) < 4.78 is 90.8. The molecule has 0 heterocycles. The van der Waals surface area contributed by atoms with E-state index in [0.717, 1.165) is 69.0 Å². The van der Waals surface area contributed by atoms with Crippen LogP contribution in [0.2, 0.25) is 0 Å². The van der Waals surface area contributed by atoms with Gasteiger partial charge in [0.05, 0.1) is 127 Å². The summed E-state index contributed by atoms with van der Waals surface area (Å²) in [5, 5.41) is 15.7. The molecule has 0 saturated heterocycles. The normalized spacial score (nSPS) is 10.3. The van der Waals surface area contributed by atoms with E-state index in [0.29, 0.717) is 6.26 Å². The summed E-state index contributed by atoms with van der Waals surface area (Å²) in [6.45, 7) is 0. The van der Waals surface area contributed by atoms with E-state index in [2.05, 4.69) is 146 Å². The molecular weight excluding hydrogens is 1470 g/mol. The highest BCUT2D eigenvalue weighted by molar-refractivity contribution is 7.85. The first kappa shape index (κ1) is 88.3. The first-order chi connectivity index (χ1) is 51.0. The zero-order chi connectivity index (χ0) is 75.1. The van der Waals surface area contributed by atoms with Gasteiger partial charge >= 0.3 is 0 Å². The molecule has 23 heteroatoms. The van der Waals surface area contributed by atoms with Crippen LogP contribution in [0.15, 0.2) is 291 Å². The fourth-order valence-corrected chi connectivity index (χ4v) is 21.1. The molecule has 12 aromatic rings. The summed E-state index contributed by atoms with van der Waals surface area (Å²) in [5.74, 6) is 10.4. The average molecular weight is 1570 g/mol. The lowest BCUT2D eigenvalue weighted by Gasteiger charge is -2.12. The summed E-state index contributed by atoms with van der Waals surface area (Å²) >= 11 is 0. The molecule has 0 N–H and O–H groups in total. The Labute approximate surface area is 637 Å². The van der Waals surface area contributed by atoms with Crippen molar-refractivity contribution in [1.29, 1.82) is 0 Å². The highest BCUT2D eigenvalue weighted by Crippen LogP contribution is 2.39. The number of halogens is 3. The van der Waals surface area contributed by atoms with Crippen LogP contribution in [0.3, 0.4) is 0 Å². The molecular formula is C85H91F3O15P4S. The summed E-state index contributed by atoms with van der Waals surface area (Å²) in [5.41, 5.74) is 0. The van der Waals surface area contributed by atoms with E-state index in [4.69, 9.17) is 69.8 Å². The van der Waals surface area contributed by atoms with E-state index in [-0.39, 0.29) is 14.1 Å². The van der Waals surface area contributed by atoms with Crippen LogP contribution in [0.4, 0.5) is 0 Å². The first-order valence-electron chi connectivity index (χ1n) is 33.1. The van der Waals surface area contributed by atoms with Crippen LogP contribution >= 0.6 is 31.7 Å². The van der Waals surface area contributed by atoms with E-state index < -0.39 is 41.8 Å². The van der Waals surface area contributed by atoms with Crippen molar-refractivity contribution in [1.82, 2.24) is 0 Å². The van der Waals surface area contributed by atoms with Gasteiger partial charge in [0, 0.05) is 6.26 Å². The van der Waals surface area contributed by atoms with Crippen LogP contribution < -0.4 is 135 Å². The summed E-state index contributed by atoms with van der Waals surface area (Å²) in [6, 6.07) is 100. The molecule has 0 aliphatic heterocycles. The van der Waals surface area contributed by atoms with Crippen molar-refractivity contribution in [2.45, 2.75) is 0 Å².